The summed E-state index contributed by atoms with van der Waals surface area (Å²) in [7, 11) is 0. The molecule has 1 rings (SSSR count). The molecule has 1 saturated carbocycles. The Morgan fingerprint density at radius 3 is 2.72 bits per heavy atom. The second kappa shape index (κ2) is 8.47. The predicted octanol–water partition coefficient (Wildman–Crippen LogP) is 4.57. The van der Waals surface area contributed by atoms with E-state index < -0.39 is 0 Å². The van der Waals surface area contributed by atoms with Crippen molar-refractivity contribution in [2.45, 2.75) is 59.3 Å². The summed E-state index contributed by atoms with van der Waals surface area (Å²) in [5.74, 6) is 3.24. The van der Waals surface area contributed by atoms with Gasteiger partial charge in [0.2, 0.25) is 0 Å². The molecule has 1 aliphatic carbocycles. The monoisotopic (exact) mass is 271 g/mol. The highest BCUT2D eigenvalue weighted by molar-refractivity contribution is 7.98. The van der Waals surface area contributed by atoms with Crippen LogP contribution in [0, 0.1) is 17.3 Å². The van der Waals surface area contributed by atoms with Crippen molar-refractivity contribution in [3.63, 3.8) is 0 Å². The van der Waals surface area contributed by atoms with Gasteiger partial charge in [0.15, 0.2) is 0 Å². The summed E-state index contributed by atoms with van der Waals surface area (Å²) in [4.78, 5) is 0. The van der Waals surface area contributed by atoms with Crippen LogP contribution < -0.4 is 5.32 Å². The SMILES string of the molecule is CCCNCC1CCC(C)(C)CC1CCCSC. The first-order chi connectivity index (χ1) is 8.59. The Labute approximate surface area is 119 Å². The van der Waals surface area contributed by atoms with Gasteiger partial charge in [0.1, 0.15) is 0 Å². The van der Waals surface area contributed by atoms with Crippen molar-refractivity contribution in [2.75, 3.05) is 25.1 Å². The van der Waals surface area contributed by atoms with E-state index in [-0.39, 0.29) is 0 Å². The Hall–Kier alpha value is 0.310. The Bertz CT molecular complexity index is 215. The van der Waals surface area contributed by atoms with Crippen molar-refractivity contribution in [1.29, 1.82) is 0 Å². The summed E-state index contributed by atoms with van der Waals surface area (Å²) in [6, 6.07) is 0. The largest absolute Gasteiger partial charge is 0.316 e. The lowest BCUT2D eigenvalue weighted by Gasteiger charge is -2.41. The van der Waals surface area contributed by atoms with Gasteiger partial charge < -0.3 is 5.32 Å². The van der Waals surface area contributed by atoms with Gasteiger partial charge in [-0.15, -0.1) is 0 Å². The summed E-state index contributed by atoms with van der Waals surface area (Å²) < 4.78 is 0. The van der Waals surface area contributed by atoms with E-state index in [2.05, 4.69) is 32.3 Å². The first kappa shape index (κ1) is 16.4. The quantitative estimate of drug-likeness (QED) is 0.649. The Kier molecular flexibility index (Phi) is 7.70. The van der Waals surface area contributed by atoms with Crippen LogP contribution in [0.15, 0.2) is 0 Å². The smallest absolute Gasteiger partial charge is 0.00179 e. The maximum atomic E-state index is 3.65. The fourth-order valence-corrected chi connectivity index (χ4v) is 3.81. The van der Waals surface area contributed by atoms with Crippen LogP contribution in [-0.4, -0.2) is 25.1 Å². The van der Waals surface area contributed by atoms with Crippen LogP contribution in [0.1, 0.15) is 59.3 Å². The maximum Gasteiger partial charge on any atom is -0.00179 e. The second-order valence-corrected chi connectivity index (χ2v) is 7.75. The topological polar surface area (TPSA) is 12.0 Å². The minimum absolute atomic E-state index is 0.589. The lowest BCUT2D eigenvalue weighted by molar-refractivity contribution is 0.109. The molecule has 1 N–H and O–H groups in total. The molecule has 0 aromatic heterocycles. The Morgan fingerprint density at radius 1 is 1.28 bits per heavy atom. The van der Waals surface area contributed by atoms with Gasteiger partial charge in [-0.05, 0) is 80.9 Å². The van der Waals surface area contributed by atoms with E-state index in [0.29, 0.717) is 5.41 Å². The Morgan fingerprint density at radius 2 is 2.06 bits per heavy atom. The van der Waals surface area contributed by atoms with E-state index in [1.807, 2.05) is 11.8 Å². The Balaban J connectivity index is 2.40. The summed E-state index contributed by atoms with van der Waals surface area (Å²) in [6.45, 7) is 9.63. The third-order valence-corrected chi connectivity index (χ3v) is 5.13. The van der Waals surface area contributed by atoms with Crippen LogP contribution in [-0.2, 0) is 0 Å². The van der Waals surface area contributed by atoms with Crippen LogP contribution in [0.2, 0.25) is 0 Å². The molecule has 0 aliphatic heterocycles. The average Bonchev–Trinajstić information content (AvgIpc) is 2.32. The van der Waals surface area contributed by atoms with Crippen molar-refractivity contribution < 1.29 is 0 Å². The van der Waals surface area contributed by atoms with E-state index in [1.54, 1.807) is 0 Å². The van der Waals surface area contributed by atoms with Crippen molar-refractivity contribution in [1.82, 2.24) is 5.32 Å². The molecule has 108 valence electrons. The van der Waals surface area contributed by atoms with Crippen molar-refractivity contribution >= 4 is 11.8 Å². The van der Waals surface area contributed by atoms with Gasteiger partial charge in [-0.25, -0.2) is 0 Å². The van der Waals surface area contributed by atoms with Crippen LogP contribution >= 0.6 is 11.8 Å². The molecular formula is C16H33NS. The number of hydrogen-bond donors (Lipinski definition) is 1. The van der Waals surface area contributed by atoms with Gasteiger partial charge in [0, 0.05) is 0 Å². The first-order valence-corrected chi connectivity index (χ1v) is 9.18. The fraction of sp³-hybridized carbons (Fsp3) is 1.00. The molecule has 1 nitrogen and oxygen atoms in total. The average molecular weight is 272 g/mol. The van der Waals surface area contributed by atoms with E-state index in [9.17, 15) is 0 Å². The van der Waals surface area contributed by atoms with Crippen LogP contribution in [0.3, 0.4) is 0 Å². The highest BCUT2D eigenvalue weighted by Gasteiger charge is 2.33. The van der Waals surface area contributed by atoms with Crippen molar-refractivity contribution in [3.8, 4) is 0 Å². The zero-order valence-corrected chi connectivity index (χ0v) is 13.7. The highest BCUT2D eigenvalue weighted by Crippen LogP contribution is 2.43. The summed E-state index contributed by atoms with van der Waals surface area (Å²) in [5, 5.41) is 3.65. The minimum Gasteiger partial charge on any atom is -0.316 e. The molecule has 18 heavy (non-hydrogen) atoms. The van der Waals surface area contributed by atoms with Gasteiger partial charge in [-0.2, -0.15) is 11.8 Å². The number of hydrogen-bond acceptors (Lipinski definition) is 2. The number of thioether (sulfide) groups is 1. The fourth-order valence-electron chi connectivity index (χ4n) is 3.35. The lowest BCUT2D eigenvalue weighted by atomic mass is 9.66. The van der Waals surface area contributed by atoms with Crippen LogP contribution in [0.5, 0.6) is 0 Å². The molecule has 0 aromatic carbocycles. The third-order valence-electron chi connectivity index (χ3n) is 4.43. The first-order valence-electron chi connectivity index (χ1n) is 7.78. The molecule has 2 atom stereocenters. The minimum atomic E-state index is 0.589. The van der Waals surface area contributed by atoms with Crippen molar-refractivity contribution in [3.05, 3.63) is 0 Å². The van der Waals surface area contributed by atoms with Crippen LogP contribution in [0.25, 0.3) is 0 Å². The van der Waals surface area contributed by atoms with E-state index in [4.69, 9.17) is 0 Å². The molecule has 0 spiro atoms. The highest BCUT2D eigenvalue weighted by atomic mass is 32.2. The lowest BCUT2D eigenvalue weighted by Crippen LogP contribution is -2.36. The molecule has 2 unspecified atom stereocenters. The molecular weight excluding hydrogens is 238 g/mol. The van der Waals surface area contributed by atoms with E-state index in [1.165, 1.54) is 57.4 Å². The summed E-state index contributed by atoms with van der Waals surface area (Å²) in [6.07, 6.45) is 10.6. The van der Waals surface area contributed by atoms with Crippen LogP contribution in [0.4, 0.5) is 0 Å². The molecule has 0 heterocycles. The van der Waals surface area contributed by atoms with Gasteiger partial charge in [0.25, 0.3) is 0 Å². The molecule has 1 fully saturated rings. The number of rotatable bonds is 8. The van der Waals surface area contributed by atoms with Gasteiger partial charge in [-0.3, -0.25) is 0 Å². The van der Waals surface area contributed by atoms with Crippen molar-refractivity contribution in [2.24, 2.45) is 17.3 Å². The normalized spacial score (nSPS) is 27.3. The molecule has 0 saturated heterocycles. The van der Waals surface area contributed by atoms with E-state index >= 15 is 0 Å². The maximum absolute atomic E-state index is 3.65. The third kappa shape index (κ3) is 5.97. The molecule has 0 aromatic rings. The summed E-state index contributed by atoms with van der Waals surface area (Å²) >= 11 is 2.00. The molecule has 2 heteroatoms. The molecule has 1 aliphatic rings. The zero-order valence-electron chi connectivity index (χ0n) is 12.9. The van der Waals surface area contributed by atoms with Gasteiger partial charge >= 0.3 is 0 Å². The van der Waals surface area contributed by atoms with E-state index in [0.717, 1.165) is 11.8 Å². The molecule has 0 bridgehead atoms. The zero-order chi connectivity index (χ0) is 13.4. The molecule has 0 amide bonds. The predicted molar refractivity (Wildman–Crippen MR) is 85.4 cm³/mol. The number of nitrogens with one attached hydrogen (secondary N) is 1. The molecule has 0 radical (unpaired) electrons. The summed E-state index contributed by atoms with van der Waals surface area (Å²) in [5.41, 5.74) is 0.589. The van der Waals surface area contributed by atoms with Gasteiger partial charge in [-0.1, -0.05) is 20.8 Å². The van der Waals surface area contributed by atoms with Gasteiger partial charge in [0.05, 0.1) is 0 Å². The second-order valence-electron chi connectivity index (χ2n) is 6.77. The standard InChI is InChI=1S/C16H33NS/c1-5-10-17-13-15-8-9-16(2,3)12-14(15)7-6-11-18-4/h14-15,17H,5-13H2,1-4H3.